The van der Waals surface area contributed by atoms with Crippen LogP contribution in [0.25, 0.3) is 0 Å². The first-order valence-corrected chi connectivity index (χ1v) is 6.42. The predicted octanol–water partition coefficient (Wildman–Crippen LogP) is 0.280. The first kappa shape index (κ1) is 15.6. The van der Waals surface area contributed by atoms with Gasteiger partial charge in [-0.3, -0.25) is 15.2 Å². The van der Waals surface area contributed by atoms with Gasteiger partial charge in [0.15, 0.2) is 0 Å². The van der Waals surface area contributed by atoms with Gasteiger partial charge >= 0.3 is 0 Å². The Labute approximate surface area is 113 Å². The fraction of sp³-hybridized carbons (Fsp3) is 0.538. The zero-order chi connectivity index (χ0) is 14.1. The molecule has 6 heteroatoms. The first-order valence-electron chi connectivity index (χ1n) is 6.42. The van der Waals surface area contributed by atoms with Gasteiger partial charge in [-0.1, -0.05) is 0 Å². The van der Waals surface area contributed by atoms with Crippen molar-refractivity contribution in [3.05, 3.63) is 29.6 Å². The van der Waals surface area contributed by atoms with Gasteiger partial charge in [-0.25, -0.2) is 5.84 Å². The molecule has 1 heterocycles. The normalized spacial score (nSPS) is 10.7. The Morgan fingerprint density at radius 2 is 2.21 bits per heavy atom. The number of nitrogens with two attached hydrogens (primary N) is 1. The molecule has 0 aliphatic rings. The summed E-state index contributed by atoms with van der Waals surface area (Å²) in [5.41, 5.74) is 3.44. The standard InChI is InChI=1S/C13H22N4O2/c1-17(7-3-2-4-8-18)10-12-6-5-11(9-15-12)13(19)16-14/h5-6,9,18H,2-4,7-8,10,14H2,1H3,(H,16,19). The number of aromatic nitrogens is 1. The van der Waals surface area contributed by atoms with Crippen LogP contribution in [0.1, 0.15) is 35.3 Å². The number of carbonyl (C=O) groups is 1. The lowest BCUT2D eigenvalue weighted by Crippen LogP contribution is -2.30. The van der Waals surface area contributed by atoms with E-state index in [0.29, 0.717) is 5.56 Å². The lowest BCUT2D eigenvalue weighted by molar-refractivity contribution is 0.0953. The minimum atomic E-state index is -0.337. The summed E-state index contributed by atoms with van der Waals surface area (Å²) in [5, 5.41) is 8.69. The highest BCUT2D eigenvalue weighted by Crippen LogP contribution is 2.04. The van der Waals surface area contributed by atoms with Crippen molar-refractivity contribution in [1.82, 2.24) is 15.3 Å². The summed E-state index contributed by atoms with van der Waals surface area (Å²) in [6.07, 6.45) is 4.47. The third-order valence-corrected chi connectivity index (χ3v) is 2.85. The van der Waals surface area contributed by atoms with Gasteiger partial charge in [-0.15, -0.1) is 0 Å². The molecule has 19 heavy (non-hydrogen) atoms. The number of nitrogen functional groups attached to an aromatic ring is 1. The maximum absolute atomic E-state index is 11.2. The van der Waals surface area contributed by atoms with Crippen LogP contribution in [0.4, 0.5) is 0 Å². The molecule has 0 aromatic carbocycles. The summed E-state index contributed by atoms with van der Waals surface area (Å²) in [5.74, 6) is 4.71. The molecule has 1 amide bonds. The first-order chi connectivity index (χ1) is 9.17. The second-order valence-corrected chi connectivity index (χ2v) is 4.53. The lowest BCUT2D eigenvalue weighted by Gasteiger charge is -2.15. The van der Waals surface area contributed by atoms with Gasteiger partial charge in [0.25, 0.3) is 5.91 Å². The molecular formula is C13H22N4O2. The number of aliphatic hydroxyl groups excluding tert-OH is 1. The molecule has 4 N–H and O–H groups in total. The number of hydrogen-bond donors (Lipinski definition) is 3. The smallest absolute Gasteiger partial charge is 0.266 e. The van der Waals surface area contributed by atoms with Gasteiger partial charge < -0.3 is 10.0 Å². The van der Waals surface area contributed by atoms with Crippen LogP contribution in [-0.4, -0.2) is 41.1 Å². The summed E-state index contributed by atoms with van der Waals surface area (Å²) < 4.78 is 0. The number of carbonyl (C=O) groups excluding carboxylic acids is 1. The van der Waals surface area contributed by atoms with E-state index in [1.807, 2.05) is 13.1 Å². The zero-order valence-corrected chi connectivity index (χ0v) is 11.3. The number of nitrogens with zero attached hydrogens (tertiary/aromatic N) is 2. The average molecular weight is 266 g/mol. The molecule has 0 aliphatic carbocycles. The van der Waals surface area contributed by atoms with Crippen LogP contribution in [-0.2, 0) is 6.54 Å². The number of hydrazine groups is 1. The number of unbranched alkanes of at least 4 members (excludes halogenated alkanes) is 2. The Morgan fingerprint density at radius 1 is 1.42 bits per heavy atom. The summed E-state index contributed by atoms with van der Waals surface area (Å²) in [6, 6.07) is 3.54. The van der Waals surface area contributed by atoms with E-state index in [1.165, 1.54) is 6.20 Å². The van der Waals surface area contributed by atoms with E-state index >= 15 is 0 Å². The van der Waals surface area contributed by atoms with Crippen molar-refractivity contribution in [3.8, 4) is 0 Å². The molecule has 0 saturated heterocycles. The maximum atomic E-state index is 11.2. The van der Waals surface area contributed by atoms with Crippen molar-refractivity contribution < 1.29 is 9.90 Å². The largest absolute Gasteiger partial charge is 0.396 e. The third kappa shape index (κ3) is 5.78. The van der Waals surface area contributed by atoms with Crippen LogP contribution < -0.4 is 11.3 Å². The van der Waals surface area contributed by atoms with E-state index in [4.69, 9.17) is 10.9 Å². The third-order valence-electron chi connectivity index (χ3n) is 2.85. The summed E-state index contributed by atoms with van der Waals surface area (Å²) in [4.78, 5) is 17.6. The van der Waals surface area contributed by atoms with Crippen LogP contribution in [0.2, 0.25) is 0 Å². The average Bonchev–Trinajstić information content (AvgIpc) is 2.43. The number of amides is 1. The fourth-order valence-electron chi connectivity index (χ4n) is 1.76. The predicted molar refractivity (Wildman–Crippen MR) is 73.2 cm³/mol. The number of aliphatic hydroxyl groups is 1. The van der Waals surface area contributed by atoms with Gasteiger partial charge in [-0.05, 0) is 45.0 Å². The molecule has 1 rings (SSSR count). The Balaban J connectivity index is 2.38. The molecule has 0 aliphatic heterocycles. The summed E-state index contributed by atoms with van der Waals surface area (Å²) in [6.45, 7) is 1.96. The molecule has 106 valence electrons. The minimum Gasteiger partial charge on any atom is -0.396 e. The Morgan fingerprint density at radius 3 is 2.79 bits per heavy atom. The fourth-order valence-corrected chi connectivity index (χ4v) is 1.76. The van der Waals surface area contributed by atoms with Gasteiger partial charge in [0.05, 0.1) is 11.3 Å². The Kier molecular flexibility index (Phi) is 7.02. The molecule has 1 aromatic heterocycles. The molecule has 0 unspecified atom stereocenters. The molecule has 0 fully saturated rings. The topological polar surface area (TPSA) is 91.5 Å². The molecule has 0 saturated carbocycles. The van der Waals surface area contributed by atoms with Crippen molar-refractivity contribution in [2.75, 3.05) is 20.2 Å². The highest BCUT2D eigenvalue weighted by atomic mass is 16.2. The molecule has 0 spiro atoms. The van der Waals surface area contributed by atoms with Crippen molar-refractivity contribution >= 4 is 5.91 Å². The Hall–Kier alpha value is -1.50. The van der Waals surface area contributed by atoms with Gasteiger partial charge in [0.2, 0.25) is 0 Å². The van der Waals surface area contributed by atoms with E-state index in [1.54, 1.807) is 6.07 Å². The quantitative estimate of drug-likeness (QED) is 0.272. The summed E-state index contributed by atoms with van der Waals surface area (Å²) >= 11 is 0. The van der Waals surface area contributed by atoms with E-state index in [-0.39, 0.29) is 12.5 Å². The van der Waals surface area contributed by atoms with Crippen molar-refractivity contribution in [3.63, 3.8) is 0 Å². The SMILES string of the molecule is CN(CCCCCO)Cc1ccc(C(=O)NN)cn1. The van der Waals surface area contributed by atoms with E-state index in [2.05, 4.69) is 15.3 Å². The van der Waals surface area contributed by atoms with E-state index < -0.39 is 0 Å². The molecule has 0 bridgehead atoms. The highest BCUT2D eigenvalue weighted by Gasteiger charge is 2.05. The van der Waals surface area contributed by atoms with Crippen LogP contribution >= 0.6 is 0 Å². The van der Waals surface area contributed by atoms with Crippen molar-refractivity contribution in [1.29, 1.82) is 0 Å². The van der Waals surface area contributed by atoms with E-state index in [9.17, 15) is 4.79 Å². The van der Waals surface area contributed by atoms with Crippen LogP contribution in [0, 0.1) is 0 Å². The van der Waals surface area contributed by atoms with Crippen LogP contribution in [0.15, 0.2) is 18.3 Å². The van der Waals surface area contributed by atoms with Gasteiger partial charge in [0.1, 0.15) is 0 Å². The molecule has 6 nitrogen and oxygen atoms in total. The Bertz CT molecular complexity index is 381. The number of hydrogen-bond acceptors (Lipinski definition) is 5. The second-order valence-electron chi connectivity index (χ2n) is 4.53. The van der Waals surface area contributed by atoms with Crippen LogP contribution in [0.5, 0.6) is 0 Å². The minimum absolute atomic E-state index is 0.260. The zero-order valence-electron chi connectivity index (χ0n) is 11.3. The molecule has 0 radical (unpaired) electrons. The second kappa shape index (κ2) is 8.58. The van der Waals surface area contributed by atoms with Crippen LogP contribution in [0.3, 0.4) is 0 Å². The van der Waals surface area contributed by atoms with Gasteiger partial charge in [-0.2, -0.15) is 0 Å². The highest BCUT2D eigenvalue weighted by molar-refractivity contribution is 5.93. The van der Waals surface area contributed by atoms with Crippen molar-refractivity contribution in [2.45, 2.75) is 25.8 Å². The monoisotopic (exact) mass is 266 g/mol. The van der Waals surface area contributed by atoms with E-state index in [0.717, 1.165) is 38.0 Å². The number of rotatable bonds is 8. The molecule has 0 atom stereocenters. The lowest BCUT2D eigenvalue weighted by atomic mass is 10.2. The number of nitrogens with one attached hydrogen (secondary N) is 1. The van der Waals surface area contributed by atoms with Crippen molar-refractivity contribution in [2.24, 2.45) is 5.84 Å². The summed E-state index contributed by atoms with van der Waals surface area (Å²) in [7, 11) is 2.03. The maximum Gasteiger partial charge on any atom is 0.266 e. The molecular weight excluding hydrogens is 244 g/mol. The number of pyridine rings is 1. The van der Waals surface area contributed by atoms with Gasteiger partial charge in [0, 0.05) is 19.3 Å². The molecule has 1 aromatic rings.